The molecule has 1 aromatic carbocycles. The van der Waals surface area contributed by atoms with Gasteiger partial charge in [0, 0.05) is 31.6 Å². The minimum absolute atomic E-state index is 0.0358. The zero-order valence-electron chi connectivity index (χ0n) is 18.4. The topological polar surface area (TPSA) is 72.5 Å². The van der Waals surface area contributed by atoms with Gasteiger partial charge in [0.15, 0.2) is 0 Å². The van der Waals surface area contributed by atoms with Crippen LogP contribution in [0.15, 0.2) is 12.1 Å². The van der Waals surface area contributed by atoms with Crippen LogP contribution < -0.4 is 5.32 Å². The first-order chi connectivity index (χ1) is 14.3. The molecule has 5 heteroatoms. The van der Waals surface area contributed by atoms with Crippen molar-refractivity contribution >= 4 is 17.5 Å². The predicted molar refractivity (Wildman–Crippen MR) is 115 cm³/mol. The quantitative estimate of drug-likeness (QED) is 0.611. The molecule has 0 saturated heterocycles. The summed E-state index contributed by atoms with van der Waals surface area (Å²) in [5, 5.41) is 2.98. The van der Waals surface area contributed by atoms with Gasteiger partial charge < -0.3 is 10.1 Å². The average molecular weight is 410 g/mol. The van der Waals surface area contributed by atoms with Crippen molar-refractivity contribution in [2.75, 3.05) is 13.7 Å². The number of hydrogen-bond donors (Lipinski definition) is 1. The second-order valence-corrected chi connectivity index (χ2v) is 8.89. The van der Waals surface area contributed by atoms with E-state index in [-0.39, 0.29) is 35.5 Å². The summed E-state index contributed by atoms with van der Waals surface area (Å²) in [4.78, 5) is 38.2. The van der Waals surface area contributed by atoms with Crippen molar-refractivity contribution in [3.8, 4) is 11.8 Å². The molecule has 1 aromatic rings. The lowest BCUT2D eigenvalue weighted by Crippen LogP contribution is -2.46. The van der Waals surface area contributed by atoms with Crippen LogP contribution >= 0.6 is 0 Å². The smallest absolute Gasteiger partial charge is 0.246 e. The SMILES string of the molecule is CC#Cc1cc(C)c(C2C(=O)CC3(CCC(NC(=O)COC)CC3)CC2=O)c(C)c1. The van der Waals surface area contributed by atoms with Gasteiger partial charge in [0.2, 0.25) is 5.91 Å². The van der Waals surface area contributed by atoms with E-state index < -0.39 is 5.92 Å². The molecule has 1 N–H and O–H groups in total. The van der Waals surface area contributed by atoms with Gasteiger partial charge in [0.25, 0.3) is 0 Å². The van der Waals surface area contributed by atoms with Crippen molar-refractivity contribution in [3.63, 3.8) is 0 Å². The van der Waals surface area contributed by atoms with E-state index in [4.69, 9.17) is 4.74 Å². The third kappa shape index (κ3) is 4.65. The first-order valence-corrected chi connectivity index (χ1v) is 10.7. The molecule has 2 saturated carbocycles. The third-order valence-corrected chi connectivity index (χ3v) is 6.58. The van der Waals surface area contributed by atoms with Gasteiger partial charge in [-0.15, -0.1) is 5.92 Å². The highest BCUT2D eigenvalue weighted by Gasteiger charge is 2.47. The molecular weight excluding hydrogens is 378 g/mol. The second kappa shape index (κ2) is 9.14. The van der Waals surface area contributed by atoms with E-state index in [0.717, 1.165) is 47.9 Å². The summed E-state index contributed by atoms with van der Waals surface area (Å²) in [7, 11) is 1.50. The average Bonchev–Trinajstić information content (AvgIpc) is 2.66. The zero-order valence-corrected chi connectivity index (χ0v) is 18.4. The van der Waals surface area contributed by atoms with Crippen molar-refractivity contribution in [1.82, 2.24) is 5.32 Å². The molecule has 2 aliphatic carbocycles. The number of methoxy groups -OCH3 is 1. The maximum atomic E-state index is 13.2. The molecule has 0 aliphatic heterocycles. The molecular formula is C25H31NO4. The number of amides is 1. The van der Waals surface area contributed by atoms with E-state index >= 15 is 0 Å². The van der Waals surface area contributed by atoms with Gasteiger partial charge in [0.1, 0.15) is 24.1 Å². The maximum absolute atomic E-state index is 13.2. The van der Waals surface area contributed by atoms with Crippen LogP contribution in [0, 0.1) is 31.1 Å². The van der Waals surface area contributed by atoms with E-state index in [1.54, 1.807) is 6.92 Å². The first kappa shape index (κ1) is 22.2. The Hall–Kier alpha value is -2.45. The van der Waals surface area contributed by atoms with Crippen LogP contribution in [0.1, 0.15) is 73.6 Å². The minimum Gasteiger partial charge on any atom is -0.375 e. The fraction of sp³-hybridized carbons (Fsp3) is 0.560. The van der Waals surface area contributed by atoms with Crippen molar-refractivity contribution in [2.24, 2.45) is 5.41 Å². The van der Waals surface area contributed by atoms with Gasteiger partial charge >= 0.3 is 0 Å². The highest BCUT2D eigenvalue weighted by atomic mass is 16.5. The molecule has 1 amide bonds. The summed E-state index contributed by atoms with van der Waals surface area (Å²) in [6, 6.07) is 4.04. The normalized spacial score (nSPS) is 26.3. The third-order valence-electron chi connectivity index (χ3n) is 6.58. The largest absolute Gasteiger partial charge is 0.375 e. The van der Waals surface area contributed by atoms with Crippen LogP contribution in [-0.2, 0) is 19.1 Å². The fourth-order valence-electron chi connectivity index (χ4n) is 5.28. The number of nitrogens with one attached hydrogen (secondary N) is 1. The number of carbonyl (C=O) groups is 3. The summed E-state index contributed by atoms with van der Waals surface area (Å²) in [5.74, 6) is 5.26. The van der Waals surface area contributed by atoms with E-state index in [9.17, 15) is 14.4 Å². The van der Waals surface area contributed by atoms with Gasteiger partial charge in [-0.2, -0.15) is 0 Å². The molecule has 3 rings (SSSR count). The lowest BCUT2D eigenvalue weighted by atomic mass is 9.60. The molecule has 30 heavy (non-hydrogen) atoms. The number of aryl methyl sites for hydroxylation is 2. The number of Topliss-reactive ketones (excluding diaryl/α,β-unsaturated/α-hetero) is 2. The molecule has 5 nitrogen and oxygen atoms in total. The summed E-state index contributed by atoms with van der Waals surface area (Å²) in [5.41, 5.74) is 3.45. The van der Waals surface area contributed by atoms with Crippen LogP contribution in [0.5, 0.6) is 0 Å². The molecule has 2 aliphatic rings. The Morgan fingerprint density at radius 3 is 2.20 bits per heavy atom. The number of ether oxygens (including phenoxy) is 1. The van der Waals surface area contributed by atoms with Crippen molar-refractivity contribution in [2.45, 2.75) is 71.3 Å². The lowest BCUT2D eigenvalue weighted by molar-refractivity contribution is -0.138. The summed E-state index contributed by atoms with van der Waals surface area (Å²) < 4.78 is 4.87. The van der Waals surface area contributed by atoms with Gasteiger partial charge in [-0.1, -0.05) is 5.92 Å². The summed E-state index contributed by atoms with van der Waals surface area (Å²) in [6.07, 6.45) is 4.05. The zero-order chi connectivity index (χ0) is 21.9. The molecule has 0 radical (unpaired) electrons. The Kier molecular flexibility index (Phi) is 6.77. The highest BCUT2D eigenvalue weighted by Crippen LogP contribution is 2.48. The van der Waals surface area contributed by atoms with Crippen LogP contribution in [0.4, 0.5) is 0 Å². The van der Waals surface area contributed by atoms with Crippen LogP contribution in [-0.4, -0.2) is 37.2 Å². The van der Waals surface area contributed by atoms with E-state index in [2.05, 4.69) is 17.2 Å². The predicted octanol–water partition coefficient (Wildman–Crippen LogP) is 3.38. The molecule has 160 valence electrons. The van der Waals surface area contributed by atoms with Crippen LogP contribution in [0.3, 0.4) is 0 Å². The van der Waals surface area contributed by atoms with Gasteiger partial charge in [-0.3, -0.25) is 14.4 Å². The Labute approximate surface area is 179 Å². The Morgan fingerprint density at radius 1 is 1.13 bits per heavy atom. The first-order valence-electron chi connectivity index (χ1n) is 10.7. The van der Waals surface area contributed by atoms with Crippen LogP contribution in [0.2, 0.25) is 0 Å². The highest BCUT2D eigenvalue weighted by molar-refractivity contribution is 6.10. The summed E-state index contributed by atoms with van der Waals surface area (Å²) >= 11 is 0. The fourth-order valence-corrected chi connectivity index (χ4v) is 5.28. The number of hydrogen-bond acceptors (Lipinski definition) is 4. The molecule has 0 atom stereocenters. The number of carbonyl (C=O) groups excluding carboxylic acids is 3. The molecule has 0 heterocycles. The monoisotopic (exact) mass is 409 g/mol. The Balaban J connectivity index is 1.73. The molecule has 1 spiro atoms. The summed E-state index contributed by atoms with van der Waals surface area (Å²) in [6.45, 7) is 5.77. The lowest BCUT2D eigenvalue weighted by Gasteiger charge is -2.43. The van der Waals surface area contributed by atoms with Crippen molar-refractivity contribution in [3.05, 3.63) is 34.4 Å². The molecule has 2 fully saturated rings. The van der Waals surface area contributed by atoms with Crippen molar-refractivity contribution < 1.29 is 19.1 Å². The maximum Gasteiger partial charge on any atom is 0.246 e. The van der Waals surface area contributed by atoms with Gasteiger partial charge in [-0.05, 0) is 80.7 Å². The van der Waals surface area contributed by atoms with Crippen molar-refractivity contribution in [1.29, 1.82) is 0 Å². The number of ketones is 2. The molecule has 0 bridgehead atoms. The Morgan fingerprint density at radius 2 is 1.70 bits per heavy atom. The second-order valence-electron chi connectivity index (χ2n) is 8.89. The molecule has 0 aromatic heterocycles. The minimum atomic E-state index is -0.654. The van der Waals surface area contributed by atoms with Crippen LogP contribution in [0.25, 0.3) is 0 Å². The molecule has 0 unspecified atom stereocenters. The van der Waals surface area contributed by atoms with E-state index in [1.807, 2.05) is 26.0 Å². The number of benzene rings is 1. The van der Waals surface area contributed by atoms with E-state index in [1.165, 1.54) is 7.11 Å². The standard InChI is InChI=1S/C25H31NO4/c1-5-6-18-11-16(2)23(17(3)12-18)24-20(27)13-25(14-21(24)28)9-7-19(8-10-25)26-22(29)15-30-4/h11-12,19,24H,7-10,13-15H2,1-4H3,(H,26,29). The van der Waals surface area contributed by atoms with Gasteiger partial charge in [-0.25, -0.2) is 0 Å². The van der Waals surface area contributed by atoms with E-state index in [0.29, 0.717) is 12.8 Å². The Bertz CT molecular complexity index is 870. The van der Waals surface area contributed by atoms with Gasteiger partial charge in [0.05, 0.1) is 0 Å². The number of rotatable bonds is 4.